The lowest BCUT2D eigenvalue weighted by Crippen LogP contribution is -2.29. The number of carbonyl (C=O) groups is 2. The summed E-state index contributed by atoms with van der Waals surface area (Å²) in [6, 6.07) is 2.46. The molecule has 0 bridgehead atoms. The summed E-state index contributed by atoms with van der Waals surface area (Å²) in [6.45, 7) is 2.14. The van der Waals surface area contributed by atoms with E-state index in [1.807, 2.05) is 0 Å². The number of hydrogen-bond donors (Lipinski definition) is 2. The molecule has 1 aliphatic rings. The highest BCUT2D eigenvalue weighted by Gasteiger charge is 2.38. The number of carboxylic acids is 1. The zero-order valence-electron chi connectivity index (χ0n) is 11.6. The first-order valence-corrected chi connectivity index (χ1v) is 7.80. The zero-order valence-corrected chi connectivity index (χ0v) is 12.4. The topological polar surface area (TPSA) is 117 Å². The molecular formula is C12H16N2O6S. The second-order valence-electron chi connectivity index (χ2n) is 4.96. The van der Waals surface area contributed by atoms with Gasteiger partial charge in [0.15, 0.2) is 5.76 Å². The molecule has 1 fully saturated rings. The lowest BCUT2D eigenvalue weighted by molar-refractivity contribution is -0.142. The Morgan fingerprint density at radius 3 is 2.57 bits per heavy atom. The molecule has 2 N–H and O–H groups in total. The van der Waals surface area contributed by atoms with Gasteiger partial charge in [-0.3, -0.25) is 9.59 Å². The summed E-state index contributed by atoms with van der Waals surface area (Å²) in [5.41, 5.74) is 0. The van der Waals surface area contributed by atoms with Gasteiger partial charge in [-0.1, -0.05) is 6.92 Å². The maximum Gasteiger partial charge on any atom is 0.308 e. The van der Waals surface area contributed by atoms with E-state index < -0.39 is 27.8 Å². The van der Waals surface area contributed by atoms with Crippen molar-refractivity contribution in [3.63, 3.8) is 0 Å². The first kappa shape index (κ1) is 15.5. The quantitative estimate of drug-likeness (QED) is 0.806. The van der Waals surface area contributed by atoms with Crippen molar-refractivity contribution >= 4 is 21.9 Å². The SMILES string of the molecule is CNS(=O)(=O)c1ccc(C(=O)N2C[C@@H](C)[C@H](C(=O)O)C2)o1. The van der Waals surface area contributed by atoms with Gasteiger partial charge in [0.05, 0.1) is 5.92 Å². The summed E-state index contributed by atoms with van der Waals surface area (Å²) in [5, 5.41) is 8.70. The predicted molar refractivity (Wildman–Crippen MR) is 71.1 cm³/mol. The van der Waals surface area contributed by atoms with Gasteiger partial charge in [-0.15, -0.1) is 0 Å². The molecule has 1 amide bonds. The Bertz CT molecular complexity index is 665. The van der Waals surface area contributed by atoms with Crippen LogP contribution in [-0.2, 0) is 14.8 Å². The number of carboxylic acid groups (broad SMARTS) is 1. The van der Waals surface area contributed by atoms with Crippen molar-refractivity contribution in [2.24, 2.45) is 11.8 Å². The molecule has 21 heavy (non-hydrogen) atoms. The summed E-state index contributed by atoms with van der Waals surface area (Å²) in [7, 11) is -2.52. The lowest BCUT2D eigenvalue weighted by Gasteiger charge is -2.13. The molecule has 1 aromatic heterocycles. The van der Waals surface area contributed by atoms with Crippen molar-refractivity contribution in [1.82, 2.24) is 9.62 Å². The molecule has 1 saturated heterocycles. The van der Waals surface area contributed by atoms with E-state index in [1.54, 1.807) is 6.92 Å². The second kappa shape index (κ2) is 5.49. The molecule has 0 aromatic carbocycles. The number of carbonyl (C=O) groups excluding carboxylic acids is 1. The van der Waals surface area contributed by atoms with Gasteiger partial charge < -0.3 is 14.4 Å². The van der Waals surface area contributed by atoms with Crippen molar-refractivity contribution in [2.75, 3.05) is 20.1 Å². The van der Waals surface area contributed by atoms with E-state index >= 15 is 0 Å². The largest absolute Gasteiger partial charge is 0.481 e. The number of aliphatic carboxylic acids is 1. The summed E-state index contributed by atoms with van der Waals surface area (Å²) < 4.78 is 30.2. The normalized spacial score (nSPS) is 22.5. The highest BCUT2D eigenvalue weighted by molar-refractivity contribution is 7.89. The van der Waals surface area contributed by atoms with E-state index in [-0.39, 0.29) is 23.3 Å². The molecule has 0 spiro atoms. The fraction of sp³-hybridized carbons (Fsp3) is 0.500. The van der Waals surface area contributed by atoms with Crippen LogP contribution in [0.4, 0.5) is 0 Å². The highest BCUT2D eigenvalue weighted by atomic mass is 32.2. The van der Waals surface area contributed by atoms with Crippen LogP contribution in [-0.4, -0.2) is 50.4 Å². The summed E-state index contributed by atoms with van der Waals surface area (Å²) in [5.74, 6) is -2.37. The molecule has 116 valence electrons. The number of likely N-dealkylation sites (tertiary alicyclic amines) is 1. The number of sulfonamides is 1. The van der Waals surface area contributed by atoms with Crippen molar-refractivity contribution in [3.8, 4) is 0 Å². The van der Waals surface area contributed by atoms with Crippen LogP contribution in [0.2, 0.25) is 0 Å². The maximum atomic E-state index is 12.2. The Balaban J connectivity index is 2.17. The maximum absolute atomic E-state index is 12.2. The summed E-state index contributed by atoms with van der Waals surface area (Å²) in [6.07, 6.45) is 0. The van der Waals surface area contributed by atoms with E-state index in [9.17, 15) is 18.0 Å². The third-order valence-corrected chi connectivity index (χ3v) is 4.83. The van der Waals surface area contributed by atoms with Gasteiger partial charge in [-0.05, 0) is 25.1 Å². The van der Waals surface area contributed by atoms with E-state index in [0.29, 0.717) is 6.54 Å². The molecule has 8 nitrogen and oxygen atoms in total. The molecular weight excluding hydrogens is 300 g/mol. The number of nitrogens with zero attached hydrogens (tertiary/aromatic N) is 1. The standard InChI is InChI=1S/C12H16N2O6S/c1-7-5-14(6-8(7)12(16)17)11(15)9-3-4-10(20-9)21(18,19)13-2/h3-4,7-8,13H,5-6H2,1-2H3,(H,16,17)/t7-,8-/m1/s1. The first-order valence-electron chi connectivity index (χ1n) is 6.31. The molecule has 0 radical (unpaired) electrons. The van der Waals surface area contributed by atoms with Crippen LogP contribution in [0.5, 0.6) is 0 Å². The van der Waals surface area contributed by atoms with Crippen LogP contribution in [0.25, 0.3) is 0 Å². The average molecular weight is 316 g/mol. The van der Waals surface area contributed by atoms with E-state index in [2.05, 4.69) is 4.72 Å². The molecule has 0 aliphatic carbocycles. The molecule has 9 heteroatoms. The van der Waals surface area contributed by atoms with Gasteiger partial charge in [0.25, 0.3) is 15.9 Å². The number of rotatable bonds is 4. The fourth-order valence-electron chi connectivity index (χ4n) is 2.29. The van der Waals surface area contributed by atoms with Crippen LogP contribution in [0.1, 0.15) is 17.5 Å². The van der Waals surface area contributed by atoms with Crippen molar-refractivity contribution in [2.45, 2.75) is 12.0 Å². The van der Waals surface area contributed by atoms with Gasteiger partial charge in [-0.2, -0.15) is 0 Å². The number of hydrogen-bond acceptors (Lipinski definition) is 5. The Morgan fingerprint density at radius 1 is 1.38 bits per heavy atom. The minimum atomic E-state index is -3.75. The molecule has 2 heterocycles. The van der Waals surface area contributed by atoms with Crippen molar-refractivity contribution < 1.29 is 27.5 Å². The third kappa shape index (κ3) is 2.93. The van der Waals surface area contributed by atoms with Gasteiger partial charge >= 0.3 is 5.97 Å². The molecule has 2 atom stereocenters. The van der Waals surface area contributed by atoms with Crippen LogP contribution < -0.4 is 4.72 Å². The molecule has 2 rings (SSSR count). The Kier molecular flexibility index (Phi) is 4.06. The molecule has 0 unspecified atom stereocenters. The lowest BCUT2D eigenvalue weighted by atomic mass is 9.99. The first-order chi connectivity index (χ1) is 9.76. The minimum Gasteiger partial charge on any atom is -0.481 e. The molecule has 1 aromatic rings. The zero-order chi connectivity index (χ0) is 15.8. The Labute approximate surface area is 121 Å². The monoisotopic (exact) mass is 316 g/mol. The highest BCUT2D eigenvalue weighted by Crippen LogP contribution is 2.25. The van der Waals surface area contributed by atoms with Crippen LogP contribution in [0, 0.1) is 11.8 Å². The minimum absolute atomic E-state index is 0.0874. The smallest absolute Gasteiger partial charge is 0.308 e. The second-order valence-corrected chi connectivity index (χ2v) is 6.78. The van der Waals surface area contributed by atoms with Gasteiger partial charge in [0.2, 0.25) is 5.09 Å². The molecule has 0 saturated carbocycles. The van der Waals surface area contributed by atoms with Crippen molar-refractivity contribution in [1.29, 1.82) is 0 Å². The van der Waals surface area contributed by atoms with E-state index in [4.69, 9.17) is 9.52 Å². The molecule has 1 aliphatic heterocycles. The Morgan fingerprint density at radius 2 is 2.05 bits per heavy atom. The van der Waals surface area contributed by atoms with Gasteiger partial charge in [-0.25, -0.2) is 13.1 Å². The Hall–Kier alpha value is -1.87. The van der Waals surface area contributed by atoms with Crippen LogP contribution in [0.15, 0.2) is 21.6 Å². The third-order valence-electron chi connectivity index (χ3n) is 3.54. The number of amides is 1. The van der Waals surface area contributed by atoms with Crippen LogP contribution in [0.3, 0.4) is 0 Å². The van der Waals surface area contributed by atoms with Crippen molar-refractivity contribution in [3.05, 3.63) is 17.9 Å². The van der Waals surface area contributed by atoms with E-state index in [1.165, 1.54) is 24.1 Å². The summed E-state index contributed by atoms with van der Waals surface area (Å²) in [4.78, 5) is 24.6. The van der Waals surface area contributed by atoms with Gasteiger partial charge in [0.1, 0.15) is 0 Å². The van der Waals surface area contributed by atoms with Gasteiger partial charge in [0, 0.05) is 13.1 Å². The van der Waals surface area contributed by atoms with Crippen LogP contribution >= 0.6 is 0 Å². The summed E-state index contributed by atoms with van der Waals surface area (Å²) >= 11 is 0. The fourth-order valence-corrected chi connectivity index (χ4v) is 2.94. The number of nitrogens with one attached hydrogen (secondary N) is 1. The number of furan rings is 1. The average Bonchev–Trinajstić information content (AvgIpc) is 3.04. The predicted octanol–water partition coefficient (Wildman–Crippen LogP) is -0.0196. The van der Waals surface area contributed by atoms with E-state index in [0.717, 1.165) is 0 Å².